The van der Waals surface area contributed by atoms with Crippen molar-refractivity contribution >= 4 is 21.8 Å². The Bertz CT molecular complexity index is 1740. The Hall–Kier alpha value is -4.30. The van der Waals surface area contributed by atoms with E-state index in [1.165, 1.54) is 49.7 Å². The van der Waals surface area contributed by atoms with Gasteiger partial charge in [-0.05, 0) is 53.6 Å². The van der Waals surface area contributed by atoms with Crippen molar-refractivity contribution in [3.8, 4) is 28.3 Å². The Labute approximate surface area is 205 Å². The zero-order chi connectivity index (χ0) is 23.6. The molecule has 0 spiro atoms. The SMILES string of the molecule is CC1(C)c2ccccc2Oc2ccc(-c3ccc4c5ccccc5n(-c5ccccc5)c4c3)cc21. The van der Waals surface area contributed by atoms with Crippen LogP contribution in [0, 0.1) is 0 Å². The summed E-state index contributed by atoms with van der Waals surface area (Å²) in [5.74, 6) is 1.89. The van der Waals surface area contributed by atoms with Gasteiger partial charge in [0, 0.05) is 33.0 Å². The van der Waals surface area contributed by atoms with E-state index in [-0.39, 0.29) is 5.41 Å². The third-order valence-electron chi connectivity index (χ3n) is 7.45. The number of ether oxygens (including phenoxy) is 1. The number of nitrogens with zero attached hydrogens (tertiary/aromatic N) is 1. The Balaban J connectivity index is 1.43. The van der Waals surface area contributed by atoms with Gasteiger partial charge in [-0.2, -0.15) is 0 Å². The van der Waals surface area contributed by atoms with E-state index in [1.54, 1.807) is 0 Å². The number of fused-ring (bicyclic) bond motifs is 5. The van der Waals surface area contributed by atoms with Crippen LogP contribution < -0.4 is 4.74 Å². The lowest BCUT2D eigenvalue weighted by Crippen LogP contribution is -2.24. The first kappa shape index (κ1) is 20.1. The Morgan fingerprint density at radius 2 is 1.20 bits per heavy atom. The van der Waals surface area contributed by atoms with E-state index in [0.717, 1.165) is 11.5 Å². The summed E-state index contributed by atoms with van der Waals surface area (Å²) in [7, 11) is 0. The molecule has 0 amide bonds. The van der Waals surface area contributed by atoms with Crippen LogP contribution in [-0.2, 0) is 5.41 Å². The van der Waals surface area contributed by atoms with Crippen LogP contribution in [0.15, 0.2) is 115 Å². The van der Waals surface area contributed by atoms with Crippen molar-refractivity contribution in [1.82, 2.24) is 4.57 Å². The molecule has 1 aliphatic rings. The fraction of sp³-hybridized carbons (Fsp3) is 0.0909. The maximum absolute atomic E-state index is 6.29. The number of benzene rings is 5. The van der Waals surface area contributed by atoms with Gasteiger partial charge in [-0.1, -0.05) is 86.6 Å². The van der Waals surface area contributed by atoms with Crippen molar-refractivity contribution in [3.05, 3.63) is 126 Å². The molecule has 168 valence electrons. The summed E-state index contributed by atoms with van der Waals surface area (Å²) in [5.41, 5.74) is 8.33. The van der Waals surface area contributed by atoms with Crippen molar-refractivity contribution in [2.75, 3.05) is 0 Å². The average Bonchev–Trinajstić information content (AvgIpc) is 3.23. The largest absolute Gasteiger partial charge is 0.457 e. The zero-order valence-electron chi connectivity index (χ0n) is 19.8. The normalized spacial score (nSPS) is 13.9. The van der Waals surface area contributed by atoms with E-state index in [0.29, 0.717) is 0 Å². The Kier molecular flexibility index (Phi) is 4.22. The number of aromatic nitrogens is 1. The molecule has 2 heteroatoms. The van der Waals surface area contributed by atoms with Crippen LogP contribution in [-0.4, -0.2) is 4.57 Å². The van der Waals surface area contributed by atoms with Crippen LogP contribution in [0.2, 0.25) is 0 Å². The van der Waals surface area contributed by atoms with Crippen LogP contribution in [0.25, 0.3) is 38.6 Å². The van der Waals surface area contributed by atoms with Gasteiger partial charge in [0.15, 0.2) is 0 Å². The molecule has 2 nitrogen and oxygen atoms in total. The summed E-state index contributed by atoms with van der Waals surface area (Å²) in [4.78, 5) is 0. The summed E-state index contributed by atoms with van der Waals surface area (Å²) in [6.07, 6.45) is 0. The van der Waals surface area contributed by atoms with Gasteiger partial charge in [-0.15, -0.1) is 0 Å². The number of para-hydroxylation sites is 3. The van der Waals surface area contributed by atoms with E-state index in [2.05, 4.69) is 128 Å². The molecule has 0 fully saturated rings. The standard InChI is InChI=1S/C33H25NO/c1-33(2)27-13-7-9-15-31(27)35-32-19-17-22(20-28(32)33)23-16-18-26-25-12-6-8-14-29(25)34(30(26)21-23)24-10-4-3-5-11-24/h3-21H,1-2H3. The van der Waals surface area contributed by atoms with Crippen molar-refractivity contribution in [1.29, 1.82) is 0 Å². The lowest BCUT2D eigenvalue weighted by atomic mass is 9.75. The van der Waals surface area contributed by atoms with Gasteiger partial charge in [-0.3, -0.25) is 0 Å². The lowest BCUT2D eigenvalue weighted by Gasteiger charge is -2.34. The van der Waals surface area contributed by atoms with Gasteiger partial charge in [0.1, 0.15) is 11.5 Å². The van der Waals surface area contributed by atoms with Gasteiger partial charge >= 0.3 is 0 Å². The van der Waals surface area contributed by atoms with E-state index >= 15 is 0 Å². The molecule has 5 aromatic carbocycles. The van der Waals surface area contributed by atoms with Crippen LogP contribution in [0.5, 0.6) is 11.5 Å². The summed E-state index contributed by atoms with van der Waals surface area (Å²) >= 11 is 0. The molecular weight excluding hydrogens is 426 g/mol. The monoisotopic (exact) mass is 451 g/mol. The second kappa shape index (κ2) is 7.35. The van der Waals surface area contributed by atoms with Gasteiger partial charge < -0.3 is 9.30 Å². The maximum atomic E-state index is 6.29. The predicted octanol–water partition coefficient (Wildman–Crippen LogP) is 8.88. The minimum absolute atomic E-state index is 0.136. The van der Waals surface area contributed by atoms with Crippen LogP contribution in [0.3, 0.4) is 0 Å². The third kappa shape index (κ3) is 2.96. The highest BCUT2D eigenvalue weighted by atomic mass is 16.5. The van der Waals surface area contributed by atoms with Gasteiger partial charge in [-0.25, -0.2) is 0 Å². The first-order valence-corrected chi connectivity index (χ1v) is 12.1. The molecule has 2 heterocycles. The highest BCUT2D eigenvalue weighted by Crippen LogP contribution is 2.48. The number of hydrogen-bond donors (Lipinski definition) is 0. The van der Waals surface area contributed by atoms with Gasteiger partial charge in [0.2, 0.25) is 0 Å². The van der Waals surface area contributed by atoms with Gasteiger partial charge in [0.25, 0.3) is 0 Å². The maximum Gasteiger partial charge on any atom is 0.131 e. The second-order valence-corrected chi connectivity index (χ2v) is 9.85. The highest BCUT2D eigenvalue weighted by molar-refractivity contribution is 6.10. The van der Waals surface area contributed by atoms with E-state index in [1.807, 2.05) is 6.07 Å². The lowest BCUT2D eigenvalue weighted by molar-refractivity contribution is 0.418. The summed E-state index contributed by atoms with van der Waals surface area (Å²) in [6.45, 7) is 4.57. The molecule has 0 unspecified atom stereocenters. The van der Waals surface area contributed by atoms with Crippen molar-refractivity contribution in [3.63, 3.8) is 0 Å². The minimum Gasteiger partial charge on any atom is -0.457 e. The highest BCUT2D eigenvalue weighted by Gasteiger charge is 2.34. The van der Waals surface area contributed by atoms with E-state index in [4.69, 9.17) is 4.74 Å². The topological polar surface area (TPSA) is 14.2 Å². The molecule has 35 heavy (non-hydrogen) atoms. The fourth-order valence-electron chi connectivity index (χ4n) is 5.63. The number of rotatable bonds is 2. The molecule has 0 atom stereocenters. The van der Waals surface area contributed by atoms with Gasteiger partial charge in [0.05, 0.1) is 11.0 Å². The predicted molar refractivity (Wildman–Crippen MR) is 145 cm³/mol. The molecule has 1 aromatic heterocycles. The Morgan fingerprint density at radius 3 is 2.09 bits per heavy atom. The van der Waals surface area contributed by atoms with Crippen molar-refractivity contribution in [2.45, 2.75) is 19.3 Å². The quantitative estimate of drug-likeness (QED) is 0.256. The second-order valence-electron chi connectivity index (χ2n) is 9.85. The van der Waals surface area contributed by atoms with Crippen LogP contribution in [0.4, 0.5) is 0 Å². The first-order valence-electron chi connectivity index (χ1n) is 12.1. The summed E-state index contributed by atoms with van der Waals surface area (Å²) in [6, 6.07) is 41.1. The number of hydrogen-bond acceptors (Lipinski definition) is 1. The van der Waals surface area contributed by atoms with Crippen molar-refractivity contribution in [2.24, 2.45) is 0 Å². The molecule has 6 aromatic rings. The van der Waals surface area contributed by atoms with Crippen molar-refractivity contribution < 1.29 is 4.74 Å². The summed E-state index contributed by atoms with van der Waals surface area (Å²) < 4.78 is 8.66. The van der Waals surface area contributed by atoms with E-state index < -0.39 is 0 Å². The molecular formula is C33H25NO. The molecule has 7 rings (SSSR count). The smallest absolute Gasteiger partial charge is 0.131 e. The van der Waals surface area contributed by atoms with Crippen LogP contribution >= 0.6 is 0 Å². The minimum atomic E-state index is -0.136. The van der Waals surface area contributed by atoms with E-state index in [9.17, 15) is 0 Å². The first-order chi connectivity index (χ1) is 17.1. The molecule has 0 N–H and O–H groups in total. The molecule has 0 saturated carbocycles. The molecule has 1 aliphatic heterocycles. The fourth-order valence-corrected chi connectivity index (χ4v) is 5.63. The summed E-state index contributed by atoms with van der Waals surface area (Å²) in [5, 5.41) is 2.54. The molecule has 0 aliphatic carbocycles. The zero-order valence-corrected chi connectivity index (χ0v) is 19.8. The Morgan fingerprint density at radius 1 is 0.543 bits per heavy atom. The third-order valence-corrected chi connectivity index (χ3v) is 7.45. The average molecular weight is 452 g/mol. The molecule has 0 saturated heterocycles. The molecule has 0 bridgehead atoms. The van der Waals surface area contributed by atoms with Crippen LogP contribution in [0.1, 0.15) is 25.0 Å². The molecule has 0 radical (unpaired) electrons.